The van der Waals surface area contributed by atoms with Gasteiger partial charge in [-0.1, -0.05) is 50.0 Å². The number of hydrogen-bond acceptors (Lipinski definition) is 10. The number of nitrogens with zero attached hydrogens (tertiary/aromatic N) is 4. The second-order valence-electron chi connectivity index (χ2n) is 19.0. The minimum atomic E-state index is -0.710. The molecular formula is C52H64N8O8. The molecular weight excluding hydrogens is 865 g/mol. The average molecular weight is 929 g/mol. The fourth-order valence-electron chi connectivity index (χ4n) is 8.87. The third-order valence-electron chi connectivity index (χ3n) is 13.6. The summed E-state index contributed by atoms with van der Waals surface area (Å²) in [7, 11) is 2.62. The van der Waals surface area contributed by atoms with Gasteiger partial charge in [0.05, 0.1) is 51.1 Å². The predicted octanol–water partition coefficient (Wildman–Crippen LogP) is 6.68. The number of H-pyrrole nitrogens is 2. The first-order valence-electron chi connectivity index (χ1n) is 23.5. The zero-order chi connectivity index (χ0) is 48.3. The van der Waals surface area contributed by atoms with Crippen molar-refractivity contribution >= 4 is 24.0 Å². The van der Waals surface area contributed by atoms with Crippen LogP contribution in [0.15, 0.2) is 60.9 Å². The minimum absolute atomic E-state index is 0.0449. The Labute approximate surface area is 399 Å². The van der Waals surface area contributed by atoms with Crippen LogP contribution in [0.1, 0.15) is 88.0 Å². The van der Waals surface area contributed by atoms with E-state index in [0.29, 0.717) is 76.8 Å². The van der Waals surface area contributed by atoms with Gasteiger partial charge in [-0.15, -0.1) is 12.8 Å². The molecule has 4 aliphatic rings. The van der Waals surface area contributed by atoms with E-state index < -0.39 is 24.3 Å². The molecule has 4 amide bonds. The van der Waals surface area contributed by atoms with Gasteiger partial charge in [-0.2, -0.15) is 0 Å². The SMILES string of the molecule is C#C.COC(=O)NC(C(=O)N(Cc1ncc(-c2ccc(C#Cc3ccc(-c4cnc(CN(CC5(C)CC5)C(=O)C(NC(=O)OC)C5CCOCC5)[nH]4)cc3)cc2)[nH]1)CC1(C)CC1)C1CCOCC1. The zero-order valence-electron chi connectivity index (χ0n) is 39.6. The van der Waals surface area contributed by atoms with E-state index in [1.165, 1.54) is 14.2 Å². The van der Waals surface area contributed by atoms with Gasteiger partial charge in [0.25, 0.3) is 0 Å². The Bertz CT molecular complexity index is 2270. The molecule has 8 rings (SSSR count). The van der Waals surface area contributed by atoms with Crippen LogP contribution in [-0.4, -0.2) is 120 Å². The van der Waals surface area contributed by atoms with Crippen molar-refractivity contribution in [1.29, 1.82) is 0 Å². The predicted molar refractivity (Wildman–Crippen MR) is 255 cm³/mol. The molecule has 68 heavy (non-hydrogen) atoms. The van der Waals surface area contributed by atoms with Crippen LogP contribution in [0.5, 0.6) is 0 Å². The van der Waals surface area contributed by atoms with Gasteiger partial charge in [-0.3, -0.25) is 9.59 Å². The lowest BCUT2D eigenvalue weighted by atomic mass is 9.90. The Balaban J connectivity index is 0.00000338. The van der Waals surface area contributed by atoms with Gasteiger partial charge in [0, 0.05) is 50.6 Å². The monoisotopic (exact) mass is 928 g/mol. The topological polar surface area (TPSA) is 193 Å². The number of aromatic nitrogens is 4. The summed E-state index contributed by atoms with van der Waals surface area (Å²) in [6, 6.07) is 14.4. The number of terminal acetylenes is 1. The van der Waals surface area contributed by atoms with Gasteiger partial charge < -0.3 is 49.3 Å². The van der Waals surface area contributed by atoms with Crippen LogP contribution in [0.3, 0.4) is 0 Å². The first-order valence-corrected chi connectivity index (χ1v) is 23.5. The summed E-state index contributed by atoms with van der Waals surface area (Å²) < 4.78 is 20.9. The van der Waals surface area contributed by atoms with Gasteiger partial charge in [-0.05, 0) is 109 Å². The number of methoxy groups -OCH3 is 2. The molecule has 2 saturated carbocycles. The maximum Gasteiger partial charge on any atom is 0.407 e. The first kappa shape index (κ1) is 49.3. The van der Waals surface area contributed by atoms with Crippen LogP contribution in [-0.2, 0) is 41.6 Å². The van der Waals surface area contributed by atoms with Gasteiger partial charge in [0.1, 0.15) is 23.7 Å². The Morgan fingerprint density at radius 1 is 0.662 bits per heavy atom. The van der Waals surface area contributed by atoms with E-state index >= 15 is 0 Å². The molecule has 2 aromatic heterocycles. The molecule has 360 valence electrons. The van der Waals surface area contributed by atoms with Crippen LogP contribution in [0.2, 0.25) is 0 Å². The Hall–Kier alpha value is -6.62. The Morgan fingerprint density at radius 2 is 1.01 bits per heavy atom. The number of aromatic amines is 2. The fourth-order valence-corrected chi connectivity index (χ4v) is 8.87. The van der Waals surface area contributed by atoms with E-state index in [0.717, 1.165) is 59.3 Å². The number of imidazole rings is 2. The molecule has 2 unspecified atom stereocenters. The van der Waals surface area contributed by atoms with Crippen LogP contribution in [0.25, 0.3) is 22.5 Å². The van der Waals surface area contributed by atoms with Gasteiger partial charge in [-0.25, -0.2) is 19.6 Å². The zero-order valence-corrected chi connectivity index (χ0v) is 39.6. The number of hydrogen-bond donors (Lipinski definition) is 4. The molecule has 2 atom stereocenters. The molecule has 2 aliphatic heterocycles. The van der Waals surface area contributed by atoms with E-state index in [4.69, 9.17) is 18.9 Å². The van der Waals surface area contributed by atoms with Crippen LogP contribution in [0.4, 0.5) is 9.59 Å². The van der Waals surface area contributed by atoms with Gasteiger partial charge >= 0.3 is 12.2 Å². The van der Waals surface area contributed by atoms with Crippen molar-refractivity contribution in [3.63, 3.8) is 0 Å². The number of benzene rings is 2. The number of alkyl carbamates (subject to hydrolysis) is 2. The van der Waals surface area contributed by atoms with Crippen molar-refractivity contribution in [3.8, 4) is 47.2 Å². The molecule has 4 fully saturated rings. The van der Waals surface area contributed by atoms with Crippen LogP contribution < -0.4 is 10.6 Å². The number of amides is 4. The van der Waals surface area contributed by atoms with E-state index in [-0.39, 0.29) is 47.6 Å². The third kappa shape index (κ3) is 13.1. The lowest BCUT2D eigenvalue weighted by molar-refractivity contribution is -0.138. The summed E-state index contributed by atoms with van der Waals surface area (Å²) >= 11 is 0. The summed E-state index contributed by atoms with van der Waals surface area (Å²) in [4.78, 5) is 72.9. The van der Waals surface area contributed by atoms with Crippen molar-refractivity contribution < 1.29 is 38.1 Å². The van der Waals surface area contributed by atoms with Crippen LogP contribution in [0, 0.1) is 47.4 Å². The van der Waals surface area contributed by atoms with Gasteiger partial charge in [0.2, 0.25) is 11.8 Å². The van der Waals surface area contributed by atoms with E-state index in [9.17, 15) is 19.2 Å². The van der Waals surface area contributed by atoms with Crippen molar-refractivity contribution in [2.24, 2.45) is 22.7 Å². The lowest BCUT2D eigenvalue weighted by Gasteiger charge is -2.34. The normalized spacial score (nSPS) is 17.9. The highest BCUT2D eigenvalue weighted by Crippen LogP contribution is 2.47. The third-order valence-corrected chi connectivity index (χ3v) is 13.6. The molecule has 4 aromatic rings. The van der Waals surface area contributed by atoms with E-state index in [1.807, 2.05) is 58.3 Å². The van der Waals surface area contributed by atoms with E-state index in [2.05, 4.69) is 69.1 Å². The molecule has 0 radical (unpaired) electrons. The largest absolute Gasteiger partial charge is 0.453 e. The Kier molecular flexibility index (Phi) is 16.3. The number of nitrogens with one attached hydrogen (secondary N) is 4. The summed E-state index contributed by atoms with van der Waals surface area (Å²) in [5.41, 5.74) is 5.33. The molecule has 4 heterocycles. The Morgan fingerprint density at radius 3 is 1.34 bits per heavy atom. The van der Waals surface area contributed by atoms with Crippen LogP contribution >= 0.6 is 0 Å². The number of ether oxygens (including phenoxy) is 4. The molecule has 16 nitrogen and oxygen atoms in total. The standard InChI is InChI=1S/C50H62N8O8.C2H2/c1-49(19-20-49)31-57(45(59)43(55-47(61)63-3)37-15-23-65-24-16-37)29-41-51-27-39(53-41)35-11-7-33(8-12-35)5-6-34-9-13-36(14-10-34)40-28-52-42(54-40)30-58(32-50(2)21-22-50)46(60)44(56-48(62)64-4)38-17-25-66-26-18-38;1-2/h7-14,27-28,37-38,43-44H,15-26,29-32H2,1-4H3,(H,51,53)(H,52,54)(H,55,61)(H,56,62);1-2H. The summed E-state index contributed by atoms with van der Waals surface area (Å²) in [6.45, 7) is 8.29. The molecule has 16 heteroatoms. The number of rotatable bonds is 16. The molecule has 4 N–H and O–H groups in total. The fraction of sp³-hybridized carbons (Fsp3) is 0.500. The highest BCUT2D eigenvalue weighted by atomic mass is 16.5. The lowest BCUT2D eigenvalue weighted by Crippen LogP contribution is -2.54. The summed E-state index contributed by atoms with van der Waals surface area (Å²) in [5, 5.41) is 5.66. The quantitative estimate of drug-likeness (QED) is 0.0882. The molecule has 2 saturated heterocycles. The smallest absolute Gasteiger partial charge is 0.407 e. The van der Waals surface area contributed by atoms with Gasteiger partial charge in [0.15, 0.2) is 0 Å². The molecule has 2 aromatic carbocycles. The molecule has 0 spiro atoms. The molecule has 0 bridgehead atoms. The number of carbonyl (C=O) groups is 4. The highest BCUT2D eigenvalue weighted by molar-refractivity contribution is 5.87. The summed E-state index contributed by atoms with van der Waals surface area (Å²) in [6.07, 6.45) is 17.2. The van der Waals surface area contributed by atoms with Crippen molar-refractivity contribution in [1.82, 2.24) is 40.4 Å². The first-order chi connectivity index (χ1) is 32.9. The number of carbonyl (C=O) groups excluding carboxylic acids is 4. The van der Waals surface area contributed by atoms with Crippen molar-refractivity contribution in [2.45, 2.75) is 90.4 Å². The maximum absolute atomic E-state index is 14.2. The van der Waals surface area contributed by atoms with Crippen molar-refractivity contribution in [2.75, 3.05) is 53.7 Å². The second kappa shape index (κ2) is 22.5. The van der Waals surface area contributed by atoms with E-state index in [1.54, 1.807) is 12.4 Å². The minimum Gasteiger partial charge on any atom is -0.453 e. The maximum atomic E-state index is 14.2. The molecule has 2 aliphatic carbocycles. The summed E-state index contributed by atoms with van der Waals surface area (Å²) in [5.74, 6) is 7.50. The van der Waals surface area contributed by atoms with Crippen molar-refractivity contribution in [3.05, 3.63) is 83.7 Å². The average Bonchev–Trinajstić information content (AvgIpc) is 4.14. The highest BCUT2D eigenvalue weighted by Gasteiger charge is 2.44. The second-order valence-corrected chi connectivity index (χ2v) is 19.0.